The molecule has 0 spiro atoms. The van der Waals surface area contributed by atoms with E-state index in [-0.39, 0.29) is 5.91 Å². The molecule has 0 heterocycles. The van der Waals surface area contributed by atoms with Crippen LogP contribution in [0.5, 0.6) is 11.5 Å². The summed E-state index contributed by atoms with van der Waals surface area (Å²) in [6, 6.07) is 11.2. The van der Waals surface area contributed by atoms with Crippen LogP contribution in [-0.4, -0.2) is 20.1 Å². The third-order valence-corrected chi connectivity index (χ3v) is 3.77. The Hall–Kier alpha value is -2.27. The number of rotatable bonds is 5. The molecule has 23 heavy (non-hydrogen) atoms. The van der Waals surface area contributed by atoms with E-state index in [4.69, 9.17) is 9.47 Å². The minimum absolute atomic E-state index is 0.190. The van der Waals surface area contributed by atoms with Crippen LogP contribution in [0.4, 0.5) is 5.69 Å². The van der Waals surface area contributed by atoms with E-state index in [1.165, 1.54) is 6.08 Å². The summed E-state index contributed by atoms with van der Waals surface area (Å²) in [6.45, 7) is 1.94. The Morgan fingerprint density at radius 3 is 2.48 bits per heavy atom. The van der Waals surface area contributed by atoms with Gasteiger partial charge >= 0.3 is 0 Å². The first kappa shape index (κ1) is 17.1. The summed E-state index contributed by atoms with van der Waals surface area (Å²) >= 11 is 3.40. The number of carbonyl (C=O) groups is 1. The maximum Gasteiger partial charge on any atom is 0.248 e. The lowest BCUT2D eigenvalue weighted by Crippen LogP contribution is -2.08. The van der Waals surface area contributed by atoms with E-state index in [0.717, 1.165) is 21.3 Å². The zero-order valence-corrected chi connectivity index (χ0v) is 14.8. The Morgan fingerprint density at radius 1 is 1.09 bits per heavy atom. The number of halogens is 1. The summed E-state index contributed by atoms with van der Waals surface area (Å²) in [5.74, 6) is 1.09. The monoisotopic (exact) mass is 375 g/mol. The molecule has 0 aliphatic rings. The normalized spacial score (nSPS) is 10.6. The molecule has 0 saturated carbocycles. The van der Waals surface area contributed by atoms with E-state index in [0.29, 0.717) is 11.5 Å². The number of hydrogen-bond acceptors (Lipinski definition) is 3. The molecule has 0 aromatic heterocycles. The number of aryl methyl sites for hydroxylation is 1. The first-order valence-corrected chi connectivity index (χ1v) is 7.80. The van der Waals surface area contributed by atoms with Crippen molar-refractivity contribution >= 4 is 33.6 Å². The molecule has 0 unspecified atom stereocenters. The maximum absolute atomic E-state index is 12.0. The Balaban J connectivity index is 2.09. The lowest BCUT2D eigenvalue weighted by Gasteiger charge is -2.08. The predicted molar refractivity (Wildman–Crippen MR) is 96.1 cm³/mol. The van der Waals surface area contributed by atoms with E-state index in [2.05, 4.69) is 21.2 Å². The Kier molecular flexibility index (Phi) is 5.82. The zero-order valence-electron chi connectivity index (χ0n) is 13.2. The van der Waals surface area contributed by atoms with Gasteiger partial charge in [0, 0.05) is 16.2 Å². The highest BCUT2D eigenvalue weighted by atomic mass is 79.9. The molecule has 1 amide bonds. The summed E-state index contributed by atoms with van der Waals surface area (Å²) in [5, 5.41) is 2.86. The molecule has 2 aromatic rings. The molecular weight excluding hydrogens is 358 g/mol. The van der Waals surface area contributed by atoms with E-state index < -0.39 is 0 Å². The molecule has 1 N–H and O–H groups in total. The quantitative estimate of drug-likeness (QED) is 0.786. The maximum atomic E-state index is 12.0. The number of ether oxygens (including phenoxy) is 2. The fourth-order valence-electron chi connectivity index (χ4n) is 2.07. The Bertz CT molecular complexity index is 741. The molecule has 0 radical (unpaired) electrons. The fraction of sp³-hybridized carbons (Fsp3) is 0.167. The number of hydrogen-bond donors (Lipinski definition) is 1. The minimum atomic E-state index is -0.190. The summed E-state index contributed by atoms with van der Waals surface area (Å²) < 4.78 is 11.4. The number of nitrogens with one attached hydrogen (secondary N) is 1. The van der Waals surface area contributed by atoms with E-state index in [1.807, 2.05) is 37.3 Å². The average Bonchev–Trinajstić information content (AvgIpc) is 2.55. The number of methoxy groups -OCH3 is 2. The second-order valence-corrected chi connectivity index (χ2v) is 5.81. The summed E-state index contributed by atoms with van der Waals surface area (Å²) in [7, 11) is 3.16. The van der Waals surface area contributed by atoms with Crippen LogP contribution in [0.2, 0.25) is 0 Å². The van der Waals surface area contributed by atoms with Crippen molar-refractivity contribution in [3.8, 4) is 11.5 Å². The highest BCUT2D eigenvalue weighted by Crippen LogP contribution is 2.28. The van der Waals surface area contributed by atoms with E-state index >= 15 is 0 Å². The van der Waals surface area contributed by atoms with Gasteiger partial charge in [0.1, 0.15) is 0 Å². The molecule has 0 atom stereocenters. The highest BCUT2D eigenvalue weighted by Gasteiger charge is 2.04. The van der Waals surface area contributed by atoms with Gasteiger partial charge in [-0.2, -0.15) is 0 Å². The van der Waals surface area contributed by atoms with Crippen molar-refractivity contribution in [1.29, 1.82) is 0 Å². The van der Waals surface area contributed by atoms with Gasteiger partial charge in [0.05, 0.1) is 14.2 Å². The van der Waals surface area contributed by atoms with Gasteiger partial charge in [-0.3, -0.25) is 4.79 Å². The topological polar surface area (TPSA) is 47.6 Å². The van der Waals surface area contributed by atoms with Gasteiger partial charge in [-0.05, 0) is 54.5 Å². The molecular formula is C18H18BrNO3. The van der Waals surface area contributed by atoms with Crippen molar-refractivity contribution in [1.82, 2.24) is 0 Å². The van der Waals surface area contributed by atoms with Crippen LogP contribution >= 0.6 is 15.9 Å². The molecule has 4 nitrogen and oxygen atoms in total. The second-order valence-electron chi connectivity index (χ2n) is 4.90. The third-order valence-electron chi connectivity index (χ3n) is 3.28. The van der Waals surface area contributed by atoms with Crippen LogP contribution in [0.25, 0.3) is 6.08 Å². The highest BCUT2D eigenvalue weighted by molar-refractivity contribution is 9.10. The molecule has 2 rings (SSSR count). The van der Waals surface area contributed by atoms with Gasteiger partial charge in [0.15, 0.2) is 11.5 Å². The van der Waals surface area contributed by atoms with Crippen LogP contribution in [-0.2, 0) is 4.79 Å². The number of carbonyl (C=O) groups excluding carboxylic acids is 1. The fourth-order valence-corrected chi connectivity index (χ4v) is 2.55. The lowest BCUT2D eigenvalue weighted by atomic mass is 10.1. The van der Waals surface area contributed by atoms with Crippen LogP contribution in [0.1, 0.15) is 11.1 Å². The van der Waals surface area contributed by atoms with Crippen LogP contribution in [0.15, 0.2) is 46.9 Å². The summed E-state index contributed by atoms with van der Waals surface area (Å²) in [4.78, 5) is 12.0. The van der Waals surface area contributed by atoms with Gasteiger partial charge < -0.3 is 14.8 Å². The van der Waals surface area contributed by atoms with Crippen molar-refractivity contribution < 1.29 is 14.3 Å². The smallest absolute Gasteiger partial charge is 0.248 e. The molecule has 0 aliphatic carbocycles. The molecule has 2 aromatic carbocycles. The zero-order chi connectivity index (χ0) is 16.8. The summed E-state index contributed by atoms with van der Waals surface area (Å²) in [6.07, 6.45) is 3.22. The number of anilines is 1. The first-order valence-electron chi connectivity index (χ1n) is 7.00. The van der Waals surface area contributed by atoms with E-state index in [1.54, 1.807) is 26.4 Å². The van der Waals surface area contributed by atoms with Crippen molar-refractivity contribution in [3.63, 3.8) is 0 Å². The van der Waals surface area contributed by atoms with Gasteiger partial charge in [0.25, 0.3) is 0 Å². The molecule has 0 fully saturated rings. The molecule has 120 valence electrons. The number of benzene rings is 2. The van der Waals surface area contributed by atoms with Gasteiger partial charge in [-0.1, -0.05) is 22.0 Å². The average molecular weight is 376 g/mol. The Labute approximate surface area is 144 Å². The predicted octanol–water partition coefficient (Wildman–Crippen LogP) is 4.43. The van der Waals surface area contributed by atoms with Gasteiger partial charge in [-0.15, -0.1) is 0 Å². The first-order chi connectivity index (χ1) is 11.0. The SMILES string of the molecule is COc1ccc(C=CC(=O)Nc2ccc(Br)cc2C)cc1OC. The van der Waals surface area contributed by atoms with Gasteiger partial charge in [-0.25, -0.2) is 0 Å². The van der Waals surface area contributed by atoms with Crippen molar-refractivity contribution in [3.05, 3.63) is 58.1 Å². The molecule has 0 bridgehead atoms. The Morgan fingerprint density at radius 2 is 1.83 bits per heavy atom. The van der Waals surface area contributed by atoms with Crippen molar-refractivity contribution in [2.75, 3.05) is 19.5 Å². The van der Waals surface area contributed by atoms with Crippen molar-refractivity contribution in [2.45, 2.75) is 6.92 Å². The number of amides is 1. The van der Waals surface area contributed by atoms with Crippen LogP contribution in [0.3, 0.4) is 0 Å². The molecule has 0 saturated heterocycles. The van der Waals surface area contributed by atoms with Crippen LogP contribution in [0, 0.1) is 6.92 Å². The van der Waals surface area contributed by atoms with E-state index in [9.17, 15) is 4.79 Å². The van der Waals surface area contributed by atoms with Crippen molar-refractivity contribution in [2.24, 2.45) is 0 Å². The summed E-state index contributed by atoms with van der Waals surface area (Å²) in [5.41, 5.74) is 2.63. The van der Waals surface area contributed by atoms with Crippen LogP contribution < -0.4 is 14.8 Å². The standard InChI is InChI=1S/C18H18BrNO3/c1-12-10-14(19)6-7-15(12)20-18(21)9-5-13-4-8-16(22-2)17(11-13)23-3/h4-11H,1-3H3,(H,20,21). The molecule has 5 heteroatoms. The lowest BCUT2D eigenvalue weighted by molar-refractivity contribution is -0.111. The largest absolute Gasteiger partial charge is 0.493 e. The molecule has 0 aliphatic heterocycles. The third kappa shape index (κ3) is 4.60. The van der Waals surface area contributed by atoms with Gasteiger partial charge in [0.2, 0.25) is 5.91 Å². The second kappa shape index (κ2) is 7.83. The minimum Gasteiger partial charge on any atom is -0.493 e.